The molecule has 0 amide bonds. The van der Waals surface area contributed by atoms with E-state index in [1.165, 1.54) is 0 Å². The highest BCUT2D eigenvalue weighted by Crippen LogP contribution is 2.58. The van der Waals surface area contributed by atoms with Crippen LogP contribution in [0.2, 0.25) is 0 Å². The van der Waals surface area contributed by atoms with Crippen molar-refractivity contribution in [2.45, 2.75) is 82.4 Å². The molecule has 0 aromatic heterocycles. The molecule has 5 fully saturated rings. The summed E-state index contributed by atoms with van der Waals surface area (Å²) in [6.07, 6.45) is 2.94. The number of hydrogen-bond acceptors (Lipinski definition) is 7. The van der Waals surface area contributed by atoms with Gasteiger partial charge in [-0.15, -0.1) is 0 Å². The van der Waals surface area contributed by atoms with Gasteiger partial charge in [0, 0.05) is 6.92 Å². The first kappa shape index (κ1) is 21.9. The third-order valence-corrected chi connectivity index (χ3v) is 6.73. The Bertz CT molecular complexity index is 673. The normalized spacial score (nSPS) is 39.2. The van der Waals surface area contributed by atoms with E-state index in [1.54, 1.807) is 13.8 Å². The second-order valence-electron chi connectivity index (χ2n) is 9.83. The first-order chi connectivity index (χ1) is 13.9. The maximum atomic E-state index is 13.3. The van der Waals surface area contributed by atoms with Crippen LogP contribution in [-0.2, 0) is 33.3 Å². The molecule has 1 aliphatic heterocycles. The van der Waals surface area contributed by atoms with Crippen molar-refractivity contribution in [1.82, 2.24) is 0 Å². The Morgan fingerprint density at radius 2 is 1.80 bits per heavy atom. The minimum absolute atomic E-state index is 0.00941. The molecular weight excluding hydrogens is 402 g/mol. The fraction of sp³-hybridized carbons (Fsp3) is 0.905. The molecule has 0 aromatic carbocycles. The molecule has 4 aliphatic carbocycles. The molecule has 5 rings (SSSR count). The number of carbonyl (C=O) groups excluding carboxylic acids is 2. The standard InChI is InChI=1S/C21H30F2O7/c1-19(2)27-10-15(30-19)9-26-16(24)11-28-21-6-12-4-13(7-21)17(14(5-12)8-21)29-18(25)20(3,22)23/h12-15,17H,4-11H2,1-3H3. The summed E-state index contributed by atoms with van der Waals surface area (Å²) in [5, 5.41) is 0. The third-order valence-electron chi connectivity index (χ3n) is 6.73. The molecule has 0 aromatic rings. The average Bonchev–Trinajstić information content (AvgIpc) is 2.98. The van der Waals surface area contributed by atoms with Crippen LogP contribution < -0.4 is 0 Å². The zero-order valence-electron chi connectivity index (χ0n) is 17.7. The first-order valence-corrected chi connectivity index (χ1v) is 10.6. The average molecular weight is 432 g/mol. The minimum atomic E-state index is -3.49. The molecule has 4 bridgehead atoms. The Morgan fingerprint density at radius 1 is 1.13 bits per heavy atom. The van der Waals surface area contributed by atoms with Crippen LogP contribution in [0.25, 0.3) is 0 Å². The molecule has 7 nitrogen and oxygen atoms in total. The van der Waals surface area contributed by atoms with Crippen LogP contribution in [0.1, 0.15) is 52.9 Å². The molecule has 0 N–H and O–H groups in total. The van der Waals surface area contributed by atoms with Gasteiger partial charge in [0.2, 0.25) is 0 Å². The van der Waals surface area contributed by atoms with Crippen molar-refractivity contribution in [2.24, 2.45) is 17.8 Å². The van der Waals surface area contributed by atoms with Gasteiger partial charge in [0.1, 0.15) is 25.4 Å². The van der Waals surface area contributed by atoms with Crippen LogP contribution in [0.5, 0.6) is 0 Å². The number of rotatable bonds is 7. The second kappa shape index (κ2) is 7.67. The summed E-state index contributed by atoms with van der Waals surface area (Å²) in [5.41, 5.74) is -0.470. The zero-order valence-corrected chi connectivity index (χ0v) is 17.7. The zero-order chi connectivity index (χ0) is 21.7. The summed E-state index contributed by atoms with van der Waals surface area (Å²) in [6.45, 7) is 4.48. The Kier molecular flexibility index (Phi) is 5.60. The largest absolute Gasteiger partial charge is 0.461 e. The van der Waals surface area contributed by atoms with Crippen LogP contribution >= 0.6 is 0 Å². The lowest BCUT2D eigenvalue weighted by molar-refractivity contribution is -0.225. The van der Waals surface area contributed by atoms with Crippen molar-refractivity contribution in [1.29, 1.82) is 0 Å². The Morgan fingerprint density at radius 3 is 2.37 bits per heavy atom. The Hall–Kier alpha value is -1.32. The SMILES string of the molecule is CC1(C)OCC(COC(=O)COC23CC4CC(C2)C(OC(=O)C(C)(F)F)C(C4)C3)O1. The van der Waals surface area contributed by atoms with Crippen LogP contribution in [0.3, 0.4) is 0 Å². The van der Waals surface area contributed by atoms with E-state index in [-0.39, 0.29) is 31.2 Å². The lowest BCUT2D eigenvalue weighted by atomic mass is 9.53. The quantitative estimate of drug-likeness (QED) is 0.573. The van der Waals surface area contributed by atoms with Gasteiger partial charge in [-0.05, 0) is 63.7 Å². The molecule has 9 heteroatoms. The predicted molar refractivity (Wildman–Crippen MR) is 98.6 cm³/mol. The Labute approximate surface area is 174 Å². The summed E-state index contributed by atoms with van der Waals surface area (Å²) >= 11 is 0. The summed E-state index contributed by atoms with van der Waals surface area (Å²) in [5.74, 6) is -5.70. The van der Waals surface area contributed by atoms with Crippen LogP contribution in [0.4, 0.5) is 8.78 Å². The first-order valence-electron chi connectivity index (χ1n) is 10.6. The number of hydrogen-bond donors (Lipinski definition) is 0. The van der Waals surface area contributed by atoms with E-state index in [4.69, 9.17) is 23.7 Å². The van der Waals surface area contributed by atoms with Crippen LogP contribution in [0.15, 0.2) is 0 Å². The lowest BCUT2D eigenvalue weighted by Crippen LogP contribution is -2.59. The summed E-state index contributed by atoms with van der Waals surface area (Å²) < 4.78 is 54.1. The number of carbonyl (C=O) groups is 2. The van der Waals surface area contributed by atoms with E-state index in [2.05, 4.69) is 0 Å². The summed E-state index contributed by atoms with van der Waals surface area (Å²) in [4.78, 5) is 23.9. The highest BCUT2D eigenvalue weighted by molar-refractivity contribution is 5.77. The maximum Gasteiger partial charge on any atom is 0.376 e. The molecule has 4 saturated carbocycles. The van der Waals surface area contributed by atoms with Crippen molar-refractivity contribution in [3.05, 3.63) is 0 Å². The number of esters is 2. The number of halogens is 2. The number of ether oxygens (including phenoxy) is 5. The van der Waals surface area contributed by atoms with Gasteiger partial charge in [0.15, 0.2) is 5.79 Å². The predicted octanol–water partition coefficient (Wildman–Crippen LogP) is 2.84. The summed E-state index contributed by atoms with van der Waals surface area (Å²) in [7, 11) is 0. The van der Waals surface area contributed by atoms with Gasteiger partial charge in [-0.25, -0.2) is 9.59 Å². The number of alkyl halides is 2. The molecule has 3 atom stereocenters. The molecule has 170 valence electrons. The molecule has 0 radical (unpaired) electrons. The molecule has 1 heterocycles. The molecular formula is C21H30F2O7. The van der Waals surface area contributed by atoms with E-state index >= 15 is 0 Å². The monoisotopic (exact) mass is 432 g/mol. The summed E-state index contributed by atoms with van der Waals surface area (Å²) in [6, 6.07) is 0. The van der Waals surface area contributed by atoms with Crippen LogP contribution in [0, 0.1) is 17.8 Å². The highest BCUT2D eigenvalue weighted by atomic mass is 19.3. The van der Waals surface area contributed by atoms with Crippen molar-refractivity contribution in [3.8, 4) is 0 Å². The van der Waals surface area contributed by atoms with Gasteiger partial charge in [0.05, 0.1) is 12.2 Å². The molecule has 3 unspecified atom stereocenters. The maximum absolute atomic E-state index is 13.3. The topological polar surface area (TPSA) is 80.3 Å². The van der Waals surface area contributed by atoms with E-state index in [1.807, 2.05) is 0 Å². The van der Waals surface area contributed by atoms with Crippen molar-refractivity contribution in [2.75, 3.05) is 19.8 Å². The van der Waals surface area contributed by atoms with Crippen molar-refractivity contribution < 1.29 is 42.1 Å². The third kappa shape index (κ3) is 4.62. The molecule has 1 saturated heterocycles. The molecule has 5 aliphatic rings. The van der Waals surface area contributed by atoms with E-state index in [9.17, 15) is 18.4 Å². The van der Waals surface area contributed by atoms with Gasteiger partial charge in [0.25, 0.3) is 0 Å². The van der Waals surface area contributed by atoms with Gasteiger partial charge in [-0.3, -0.25) is 0 Å². The van der Waals surface area contributed by atoms with Gasteiger partial charge in [-0.1, -0.05) is 0 Å². The Balaban J connectivity index is 1.28. The molecule has 30 heavy (non-hydrogen) atoms. The van der Waals surface area contributed by atoms with E-state index < -0.39 is 35.4 Å². The van der Waals surface area contributed by atoms with E-state index in [0.29, 0.717) is 32.3 Å². The fourth-order valence-corrected chi connectivity index (χ4v) is 5.78. The highest BCUT2D eigenvalue weighted by Gasteiger charge is 2.58. The van der Waals surface area contributed by atoms with E-state index in [0.717, 1.165) is 19.3 Å². The molecule has 0 spiro atoms. The second-order valence-corrected chi connectivity index (χ2v) is 9.83. The minimum Gasteiger partial charge on any atom is -0.461 e. The van der Waals surface area contributed by atoms with Crippen molar-refractivity contribution in [3.63, 3.8) is 0 Å². The van der Waals surface area contributed by atoms with Gasteiger partial charge in [-0.2, -0.15) is 8.78 Å². The van der Waals surface area contributed by atoms with Gasteiger partial charge >= 0.3 is 17.9 Å². The lowest BCUT2D eigenvalue weighted by Gasteiger charge is -2.58. The van der Waals surface area contributed by atoms with Gasteiger partial charge < -0.3 is 23.7 Å². The smallest absolute Gasteiger partial charge is 0.376 e. The van der Waals surface area contributed by atoms with Crippen LogP contribution in [-0.4, -0.2) is 61.3 Å². The van der Waals surface area contributed by atoms with Crippen molar-refractivity contribution >= 4 is 11.9 Å². The fourth-order valence-electron chi connectivity index (χ4n) is 5.78.